The SMILES string of the molecule is CN(C(=O)c1cc2c(F)cccn2c1)C1COCc2[nH]c(=O)c3cc(F)c(F)cc3c21. The number of benzene rings is 1. The van der Waals surface area contributed by atoms with Crippen LogP contribution in [0.3, 0.4) is 0 Å². The Morgan fingerprint density at radius 3 is 2.65 bits per heavy atom. The molecule has 9 heteroatoms. The van der Waals surface area contributed by atoms with E-state index in [2.05, 4.69) is 4.98 Å². The summed E-state index contributed by atoms with van der Waals surface area (Å²) in [6, 6.07) is 5.42. The second-order valence-electron chi connectivity index (χ2n) is 7.48. The van der Waals surface area contributed by atoms with Crippen LogP contribution in [0.1, 0.15) is 27.7 Å². The molecule has 1 unspecified atom stereocenters. The van der Waals surface area contributed by atoms with Crippen LogP contribution in [0.4, 0.5) is 13.2 Å². The standard InChI is InChI=1S/C22H16F3N3O3/c1-27(22(30)11-5-18-14(23)3-2-4-28(18)8-11)19-10-31-9-17-20(19)12-6-15(24)16(25)7-13(12)21(29)26-17/h2-8,19H,9-10H2,1H3,(H,26,29). The van der Waals surface area contributed by atoms with Gasteiger partial charge in [0.05, 0.1) is 35.7 Å². The fourth-order valence-electron chi connectivity index (χ4n) is 4.11. The number of rotatable bonds is 2. The first-order chi connectivity index (χ1) is 14.8. The summed E-state index contributed by atoms with van der Waals surface area (Å²) in [6.07, 6.45) is 3.14. The molecule has 1 amide bonds. The summed E-state index contributed by atoms with van der Waals surface area (Å²) < 4.78 is 48.9. The van der Waals surface area contributed by atoms with E-state index < -0.39 is 35.0 Å². The smallest absolute Gasteiger partial charge is 0.256 e. The predicted octanol–water partition coefficient (Wildman–Crippen LogP) is 3.54. The van der Waals surface area contributed by atoms with E-state index in [1.54, 1.807) is 13.2 Å². The minimum Gasteiger partial charge on any atom is -0.373 e. The molecule has 0 fully saturated rings. The van der Waals surface area contributed by atoms with Crippen LogP contribution in [-0.4, -0.2) is 33.8 Å². The van der Waals surface area contributed by atoms with Crippen LogP contribution in [0.25, 0.3) is 16.3 Å². The quantitative estimate of drug-likeness (QED) is 0.532. The Labute approximate surface area is 173 Å². The number of ether oxygens (including phenoxy) is 1. The summed E-state index contributed by atoms with van der Waals surface area (Å²) in [5.74, 6) is -3.09. The van der Waals surface area contributed by atoms with Gasteiger partial charge in [0.1, 0.15) is 5.82 Å². The Bertz CT molecular complexity index is 1430. The van der Waals surface area contributed by atoms with E-state index in [0.717, 1.165) is 12.1 Å². The molecule has 0 spiro atoms. The lowest BCUT2D eigenvalue weighted by molar-refractivity contribution is 0.0336. The average molecular weight is 427 g/mol. The van der Waals surface area contributed by atoms with Crippen molar-refractivity contribution in [2.45, 2.75) is 12.6 Å². The van der Waals surface area contributed by atoms with Crippen molar-refractivity contribution in [1.82, 2.24) is 14.3 Å². The summed E-state index contributed by atoms with van der Waals surface area (Å²) in [4.78, 5) is 29.6. The molecule has 1 aromatic carbocycles. The maximum absolute atomic E-state index is 14.0. The number of likely N-dealkylation sites (N-methyl/N-ethyl adjacent to an activating group) is 1. The van der Waals surface area contributed by atoms with Gasteiger partial charge in [-0.2, -0.15) is 0 Å². The number of carbonyl (C=O) groups is 1. The second-order valence-corrected chi connectivity index (χ2v) is 7.48. The van der Waals surface area contributed by atoms with Crippen molar-refractivity contribution in [3.05, 3.63) is 87.4 Å². The van der Waals surface area contributed by atoms with E-state index in [1.807, 2.05) is 0 Å². The van der Waals surface area contributed by atoms with E-state index in [4.69, 9.17) is 4.74 Å². The lowest BCUT2D eigenvalue weighted by Crippen LogP contribution is -2.37. The molecule has 0 aliphatic carbocycles. The highest BCUT2D eigenvalue weighted by Crippen LogP contribution is 2.34. The predicted molar refractivity (Wildman–Crippen MR) is 106 cm³/mol. The molecule has 6 nitrogen and oxygen atoms in total. The first-order valence-corrected chi connectivity index (χ1v) is 9.50. The number of nitrogens with zero attached hydrogens (tertiary/aromatic N) is 2. The van der Waals surface area contributed by atoms with Crippen LogP contribution in [0.15, 0.2) is 47.5 Å². The maximum Gasteiger partial charge on any atom is 0.256 e. The van der Waals surface area contributed by atoms with Crippen molar-refractivity contribution in [3.8, 4) is 0 Å². The zero-order valence-corrected chi connectivity index (χ0v) is 16.3. The van der Waals surface area contributed by atoms with Crippen LogP contribution in [-0.2, 0) is 11.3 Å². The van der Waals surface area contributed by atoms with Crippen LogP contribution in [0.5, 0.6) is 0 Å². The molecule has 5 rings (SSSR count). The van der Waals surface area contributed by atoms with Gasteiger partial charge in [-0.3, -0.25) is 9.59 Å². The molecule has 4 aromatic rings. The molecule has 158 valence electrons. The van der Waals surface area contributed by atoms with Crippen molar-refractivity contribution >= 4 is 22.2 Å². The Hall–Kier alpha value is -3.59. The highest BCUT2D eigenvalue weighted by atomic mass is 19.2. The van der Waals surface area contributed by atoms with Crippen molar-refractivity contribution in [2.75, 3.05) is 13.7 Å². The molecular formula is C22H16F3N3O3. The number of amides is 1. The topological polar surface area (TPSA) is 66.8 Å². The summed E-state index contributed by atoms with van der Waals surface area (Å²) in [7, 11) is 1.54. The maximum atomic E-state index is 14.0. The van der Waals surface area contributed by atoms with Gasteiger partial charge < -0.3 is 19.0 Å². The minimum absolute atomic E-state index is 0.0120. The third-order valence-corrected chi connectivity index (χ3v) is 5.66. The zero-order valence-electron chi connectivity index (χ0n) is 16.3. The van der Waals surface area contributed by atoms with E-state index in [9.17, 15) is 22.8 Å². The normalized spacial score (nSPS) is 15.9. The number of nitrogens with one attached hydrogen (secondary N) is 1. The summed E-state index contributed by atoms with van der Waals surface area (Å²) in [6.45, 7) is 0.163. The molecule has 0 saturated heterocycles. The number of halogens is 3. The molecule has 1 atom stereocenters. The number of pyridine rings is 2. The van der Waals surface area contributed by atoms with Gasteiger partial charge in [0.25, 0.3) is 11.5 Å². The van der Waals surface area contributed by atoms with Gasteiger partial charge in [-0.05, 0) is 35.7 Å². The van der Waals surface area contributed by atoms with Gasteiger partial charge >= 0.3 is 0 Å². The molecule has 31 heavy (non-hydrogen) atoms. The van der Waals surface area contributed by atoms with Crippen molar-refractivity contribution in [1.29, 1.82) is 0 Å². The lowest BCUT2D eigenvalue weighted by Gasteiger charge is -2.33. The minimum atomic E-state index is -1.13. The number of hydrogen-bond donors (Lipinski definition) is 1. The van der Waals surface area contributed by atoms with Gasteiger partial charge in [-0.15, -0.1) is 0 Å². The van der Waals surface area contributed by atoms with Crippen molar-refractivity contribution in [2.24, 2.45) is 0 Å². The van der Waals surface area contributed by atoms with Crippen LogP contribution < -0.4 is 5.56 Å². The first kappa shape index (κ1) is 19.4. The number of aromatic amines is 1. The molecule has 1 aliphatic heterocycles. The molecule has 0 radical (unpaired) electrons. The van der Waals surface area contributed by atoms with Crippen LogP contribution in [0.2, 0.25) is 0 Å². The van der Waals surface area contributed by atoms with Crippen LogP contribution in [0, 0.1) is 17.5 Å². The number of carbonyl (C=O) groups excluding carboxylic acids is 1. The Balaban J connectivity index is 1.62. The van der Waals surface area contributed by atoms with Gasteiger partial charge in [0.2, 0.25) is 0 Å². The molecule has 0 bridgehead atoms. The largest absolute Gasteiger partial charge is 0.373 e. The van der Waals surface area contributed by atoms with Gasteiger partial charge in [-0.1, -0.05) is 0 Å². The fourth-order valence-corrected chi connectivity index (χ4v) is 4.11. The highest BCUT2D eigenvalue weighted by molar-refractivity contribution is 5.96. The summed E-state index contributed by atoms with van der Waals surface area (Å²) in [5, 5.41) is 0.209. The van der Waals surface area contributed by atoms with Gasteiger partial charge in [-0.25, -0.2) is 13.2 Å². The number of H-pyrrole nitrogens is 1. The molecule has 1 aliphatic rings. The highest BCUT2D eigenvalue weighted by Gasteiger charge is 2.32. The molecule has 3 aromatic heterocycles. The number of hydrogen-bond acceptors (Lipinski definition) is 3. The van der Waals surface area contributed by atoms with Crippen molar-refractivity contribution in [3.63, 3.8) is 0 Å². The van der Waals surface area contributed by atoms with E-state index in [-0.39, 0.29) is 35.1 Å². The second kappa shape index (κ2) is 6.98. The third kappa shape index (κ3) is 3.00. The van der Waals surface area contributed by atoms with Gasteiger partial charge in [0.15, 0.2) is 11.6 Å². The first-order valence-electron chi connectivity index (χ1n) is 9.50. The Kier molecular flexibility index (Phi) is 4.37. The van der Waals surface area contributed by atoms with Crippen LogP contribution >= 0.6 is 0 Å². The Morgan fingerprint density at radius 1 is 1.16 bits per heavy atom. The molecular weight excluding hydrogens is 411 g/mol. The van der Waals surface area contributed by atoms with E-state index in [0.29, 0.717) is 11.3 Å². The van der Waals surface area contributed by atoms with E-state index in [1.165, 1.54) is 33.7 Å². The summed E-state index contributed by atoms with van der Waals surface area (Å²) >= 11 is 0. The molecule has 1 N–H and O–H groups in total. The number of aromatic nitrogens is 2. The Morgan fingerprint density at radius 2 is 1.90 bits per heavy atom. The lowest BCUT2D eigenvalue weighted by atomic mass is 9.95. The third-order valence-electron chi connectivity index (χ3n) is 5.66. The average Bonchev–Trinajstić information content (AvgIpc) is 3.19. The molecule has 0 saturated carbocycles. The van der Waals surface area contributed by atoms with Gasteiger partial charge in [0, 0.05) is 30.7 Å². The summed E-state index contributed by atoms with van der Waals surface area (Å²) in [5.41, 5.74) is 0.829. The zero-order chi connectivity index (χ0) is 21.9. The molecule has 4 heterocycles. The van der Waals surface area contributed by atoms with E-state index >= 15 is 0 Å². The van der Waals surface area contributed by atoms with Crippen molar-refractivity contribution < 1.29 is 22.7 Å². The fraction of sp³-hybridized carbons (Fsp3) is 0.182. The number of fused-ring (bicyclic) bond motifs is 4. The monoisotopic (exact) mass is 427 g/mol.